The van der Waals surface area contributed by atoms with Crippen molar-refractivity contribution in [1.29, 1.82) is 0 Å². The first-order valence-electron chi connectivity index (χ1n) is 17.7. The third kappa shape index (κ3) is 9.38. The number of nitrogens with one attached hydrogen (secondary N) is 1. The summed E-state index contributed by atoms with van der Waals surface area (Å²) in [5.41, 5.74) is 2.67. The zero-order valence-corrected chi connectivity index (χ0v) is 29.2. The fourth-order valence-electron chi connectivity index (χ4n) is 6.54. The van der Waals surface area contributed by atoms with Crippen LogP contribution < -0.4 is 5.32 Å². The molecule has 1 N–H and O–H groups in total. The standard InChI is InChI=1S/C42H45N5O4/c1-2-39(48)45(26-32-10-4-3-5-11-32)30-41(50)47(28-34-17-19-36-13-7-9-15-38(36)25-34)31-42(51)46(29-40(49)44-22-20-43-21-23-44)27-33-16-18-35-12-6-8-14-37(35)24-33/h3-19,24-25,43H,2,20-23,26-31H2,1H3. The predicted molar refractivity (Wildman–Crippen MR) is 200 cm³/mol. The molecule has 1 aliphatic rings. The number of carbonyl (C=O) groups is 4. The van der Waals surface area contributed by atoms with E-state index < -0.39 is 0 Å². The molecule has 5 aromatic carbocycles. The van der Waals surface area contributed by atoms with Crippen LogP contribution in [0.15, 0.2) is 115 Å². The van der Waals surface area contributed by atoms with Crippen molar-refractivity contribution in [3.63, 3.8) is 0 Å². The molecule has 262 valence electrons. The van der Waals surface area contributed by atoms with Crippen LogP contribution in [0.25, 0.3) is 21.5 Å². The molecular formula is C42H45N5O4. The lowest BCUT2D eigenvalue weighted by molar-refractivity contribution is -0.147. The second-order valence-corrected chi connectivity index (χ2v) is 13.1. The molecule has 1 saturated heterocycles. The summed E-state index contributed by atoms with van der Waals surface area (Å²) >= 11 is 0. The van der Waals surface area contributed by atoms with Gasteiger partial charge in [0, 0.05) is 52.2 Å². The van der Waals surface area contributed by atoms with Crippen molar-refractivity contribution < 1.29 is 19.2 Å². The van der Waals surface area contributed by atoms with Crippen LogP contribution in [0, 0.1) is 0 Å². The summed E-state index contributed by atoms with van der Waals surface area (Å²) in [7, 11) is 0. The lowest BCUT2D eigenvalue weighted by Crippen LogP contribution is -2.52. The van der Waals surface area contributed by atoms with Crippen molar-refractivity contribution in [1.82, 2.24) is 24.9 Å². The van der Waals surface area contributed by atoms with Gasteiger partial charge >= 0.3 is 0 Å². The number of fused-ring (bicyclic) bond motifs is 2. The molecule has 5 aromatic rings. The largest absolute Gasteiger partial charge is 0.339 e. The van der Waals surface area contributed by atoms with Crippen molar-refractivity contribution in [3.05, 3.63) is 132 Å². The third-order valence-corrected chi connectivity index (χ3v) is 9.40. The summed E-state index contributed by atoms with van der Waals surface area (Å²) in [6.45, 7) is 4.49. The SMILES string of the molecule is CCC(=O)N(CC(=O)N(CC(=O)N(CC(=O)N1CCNCC1)Cc1ccc2ccccc2c1)Cc1ccc2ccccc2c1)Cc1ccccc1. The Bertz CT molecular complexity index is 1990. The molecule has 9 nitrogen and oxygen atoms in total. The van der Waals surface area contributed by atoms with E-state index in [1.165, 1.54) is 4.90 Å². The number of benzene rings is 5. The molecule has 1 aliphatic heterocycles. The molecule has 51 heavy (non-hydrogen) atoms. The molecule has 0 radical (unpaired) electrons. The first kappa shape index (κ1) is 35.3. The van der Waals surface area contributed by atoms with Crippen molar-refractivity contribution in [2.45, 2.75) is 33.0 Å². The molecule has 0 saturated carbocycles. The van der Waals surface area contributed by atoms with E-state index in [-0.39, 0.29) is 69.3 Å². The molecule has 0 unspecified atom stereocenters. The highest BCUT2D eigenvalue weighted by molar-refractivity contribution is 5.91. The minimum Gasteiger partial charge on any atom is -0.339 e. The quantitative estimate of drug-likeness (QED) is 0.184. The lowest BCUT2D eigenvalue weighted by atomic mass is 10.1. The van der Waals surface area contributed by atoms with Gasteiger partial charge in [-0.25, -0.2) is 0 Å². The molecule has 0 aromatic heterocycles. The summed E-state index contributed by atoms with van der Waals surface area (Å²) in [6, 6.07) is 37.6. The van der Waals surface area contributed by atoms with Crippen molar-refractivity contribution in [3.8, 4) is 0 Å². The van der Waals surface area contributed by atoms with Gasteiger partial charge in [0.25, 0.3) is 0 Å². The summed E-state index contributed by atoms with van der Waals surface area (Å²) in [5, 5.41) is 7.51. The first-order valence-corrected chi connectivity index (χ1v) is 17.7. The molecule has 0 spiro atoms. The topological polar surface area (TPSA) is 93.3 Å². The lowest BCUT2D eigenvalue weighted by Gasteiger charge is -2.32. The number of carbonyl (C=O) groups excluding carboxylic acids is 4. The van der Waals surface area contributed by atoms with E-state index in [2.05, 4.69) is 5.32 Å². The predicted octanol–water partition coefficient (Wildman–Crippen LogP) is 5.22. The molecule has 0 aliphatic carbocycles. The molecule has 1 fully saturated rings. The Balaban J connectivity index is 1.28. The Hall–Kier alpha value is -5.54. The highest BCUT2D eigenvalue weighted by atomic mass is 16.2. The molecular weight excluding hydrogens is 638 g/mol. The highest BCUT2D eigenvalue weighted by Gasteiger charge is 2.28. The normalized spacial score (nSPS) is 12.8. The van der Waals surface area contributed by atoms with Gasteiger partial charge in [-0.15, -0.1) is 0 Å². The van der Waals surface area contributed by atoms with Crippen LogP contribution in [-0.2, 0) is 38.8 Å². The van der Waals surface area contributed by atoms with Gasteiger partial charge in [0.1, 0.15) is 19.6 Å². The molecule has 9 heteroatoms. The van der Waals surface area contributed by atoms with Crippen LogP contribution in [0.4, 0.5) is 0 Å². The summed E-state index contributed by atoms with van der Waals surface area (Å²) in [4.78, 5) is 61.7. The number of hydrogen-bond acceptors (Lipinski definition) is 5. The first-order chi connectivity index (χ1) is 24.9. The summed E-state index contributed by atoms with van der Waals surface area (Å²) in [6.07, 6.45) is 0.247. The average molecular weight is 684 g/mol. The number of amides is 4. The minimum absolute atomic E-state index is 0.0991. The van der Waals surface area contributed by atoms with E-state index in [4.69, 9.17) is 0 Å². The maximum absolute atomic E-state index is 14.4. The van der Waals surface area contributed by atoms with Crippen LogP contribution in [0.5, 0.6) is 0 Å². The Morgan fingerprint density at radius 1 is 0.529 bits per heavy atom. The monoisotopic (exact) mass is 683 g/mol. The van der Waals surface area contributed by atoms with Crippen molar-refractivity contribution >= 4 is 45.2 Å². The van der Waals surface area contributed by atoms with Crippen molar-refractivity contribution in [2.75, 3.05) is 45.8 Å². The van der Waals surface area contributed by atoms with E-state index in [1.54, 1.807) is 21.6 Å². The van der Waals surface area contributed by atoms with E-state index >= 15 is 0 Å². The molecule has 4 amide bonds. The Morgan fingerprint density at radius 2 is 0.980 bits per heavy atom. The number of hydrogen-bond donors (Lipinski definition) is 1. The fraction of sp³-hybridized carbons (Fsp3) is 0.286. The van der Waals surface area contributed by atoms with Crippen LogP contribution in [0.1, 0.15) is 30.0 Å². The van der Waals surface area contributed by atoms with Crippen LogP contribution in [0.3, 0.4) is 0 Å². The van der Waals surface area contributed by atoms with Crippen LogP contribution in [0.2, 0.25) is 0 Å². The van der Waals surface area contributed by atoms with Gasteiger partial charge in [-0.05, 0) is 50.4 Å². The van der Waals surface area contributed by atoms with Gasteiger partial charge in [0.2, 0.25) is 23.6 Å². The van der Waals surface area contributed by atoms with Gasteiger partial charge < -0.3 is 24.9 Å². The molecule has 6 rings (SSSR count). The van der Waals surface area contributed by atoms with Gasteiger partial charge in [-0.3, -0.25) is 19.2 Å². The molecule has 1 heterocycles. The van der Waals surface area contributed by atoms with Crippen molar-refractivity contribution in [2.24, 2.45) is 0 Å². The highest BCUT2D eigenvalue weighted by Crippen LogP contribution is 2.20. The third-order valence-electron chi connectivity index (χ3n) is 9.40. The van der Waals surface area contributed by atoms with Gasteiger partial charge in [0.15, 0.2) is 0 Å². The minimum atomic E-state index is -0.340. The van der Waals surface area contributed by atoms with Crippen LogP contribution >= 0.6 is 0 Å². The van der Waals surface area contributed by atoms with E-state index in [0.29, 0.717) is 26.2 Å². The molecule has 0 bridgehead atoms. The van der Waals surface area contributed by atoms with Crippen LogP contribution in [-0.4, -0.2) is 89.0 Å². The smallest absolute Gasteiger partial charge is 0.242 e. The summed E-state index contributed by atoms with van der Waals surface area (Å²) in [5.74, 6) is -0.949. The Labute approximate surface area is 299 Å². The zero-order chi connectivity index (χ0) is 35.6. The summed E-state index contributed by atoms with van der Waals surface area (Å²) < 4.78 is 0. The maximum atomic E-state index is 14.4. The van der Waals surface area contributed by atoms with E-state index in [9.17, 15) is 19.2 Å². The van der Waals surface area contributed by atoms with Gasteiger partial charge in [0.05, 0.1) is 0 Å². The molecule has 0 atom stereocenters. The van der Waals surface area contributed by atoms with Gasteiger partial charge in [-0.2, -0.15) is 0 Å². The maximum Gasteiger partial charge on any atom is 0.242 e. The zero-order valence-electron chi connectivity index (χ0n) is 29.2. The number of nitrogens with zero attached hydrogens (tertiary/aromatic N) is 4. The Morgan fingerprint density at radius 3 is 1.51 bits per heavy atom. The van der Waals surface area contributed by atoms with E-state index in [1.807, 2.05) is 115 Å². The fourth-order valence-corrected chi connectivity index (χ4v) is 6.54. The van der Waals surface area contributed by atoms with E-state index in [0.717, 1.165) is 38.2 Å². The average Bonchev–Trinajstić information content (AvgIpc) is 3.17. The Kier molecular flexibility index (Phi) is 11.7. The van der Waals surface area contributed by atoms with Gasteiger partial charge in [-0.1, -0.05) is 110 Å². The number of piperazine rings is 1. The number of rotatable bonds is 13. The second kappa shape index (κ2) is 16.9. The second-order valence-electron chi connectivity index (χ2n) is 13.1.